The molecule has 0 saturated carbocycles. The van der Waals surface area contributed by atoms with Crippen LogP contribution in [0.25, 0.3) is 0 Å². The average Bonchev–Trinajstić information content (AvgIpc) is 2.43. The van der Waals surface area contributed by atoms with Crippen LogP contribution in [-0.2, 0) is 4.74 Å². The second-order valence-corrected chi connectivity index (χ2v) is 7.03. The van der Waals surface area contributed by atoms with Crippen molar-refractivity contribution in [1.82, 2.24) is 4.90 Å². The lowest BCUT2D eigenvalue weighted by molar-refractivity contribution is -0.0955. The van der Waals surface area contributed by atoms with Gasteiger partial charge in [-0.1, -0.05) is 33.6 Å². The van der Waals surface area contributed by atoms with Crippen molar-refractivity contribution in [1.29, 1.82) is 0 Å². The standard InChI is InChI=1S/C17H36N2O/c1-6-7-8-10-19(15(4)5)17(13-18)9-11-20-16(12-17)14(2)3/h14-16H,6-13,18H2,1-5H3. The van der Waals surface area contributed by atoms with Crippen molar-refractivity contribution in [3.8, 4) is 0 Å². The van der Waals surface area contributed by atoms with Gasteiger partial charge in [-0.3, -0.25) is 4.90 Å². The lowest BCUT2D eigenvalue weighted by atomic mass is 9.80. The van der Waals surface area contributed by atoms with Crippen molar-refractivity contribution in [2.24, 2.45) is 11.7 Å². The summed E-state index contributed by atoms with van der Waals surface area (Å²) < 4.78 is 5.97. The summed E-state index contributed by atoms with van der Waals surface area (Å²) in [7, 11) is 0. The molecule has 0 radical (unpaired) electrons. The van der Waals surface area contributed by atoms with Gasteiger partial charge in [-0.2, -0.15) is 0 Å². The van der Waals surface area contributed by atoms with Crippen LogP contribution >= 0.6 is 0 Å². The van der Waals surface area contributed by atoms with Gasteiger partial charge in [0.25, 0.3) is 0 Å². The first kappa shape index (κ1) is 17.9. The highest BCUT2D eigenvalue weighted by molar-refractivity contribution is 4.98. The van der Waals surface area contributed by atoms with E-state index in [4.69, 9.17) is 10.5 Å². The summed E-state index contributed by atoms with van der Waals surface area (Å²) in [6, 6.07) is 0.557. The topological polar surface area (TPSA) is 38.5 Å². The Labute approximate surface area is 126 Å². The lowest BCUT2D eigenvalue weighted by Crippen LogP contribution is -2.61. The molecular weight excluding hydrogens is 248 g/mol. The van der Waals surface area contributed by atoms with Crippen LogP contribution in [0, 0.1) is 5.92 Å². The summed E-state index contributed by atoms with van der Waals surface area (Å²) in [6.45, 7) is 14.2. The molecule has 2 N–H and O–H groups in total. The molecule has 2 unspecified atom stereocenters. The molecule has 0 aromatic heterocycles. The van der Waals surface area contributed by atoms with E-state index < -0.39 is 0 Å². The highest BCUT2D eigenvalue weighted by Gasteiger charge is 2.42. The monoisotopic (exact) mass is 284 g/mol. The zero-order valence-electron chi connectivity index (χ0n) is 14.3. The molecule has 120 valence electrons. The molecule has 3 nitrogen and oxygen atoms in total. The average molecular weight is 284 g/mol. The molecular formula is C17H36N2O. The Hall–Kier alpha value is -0.120. The summed E-state index contributed by atoms with van der Waals surface area (Å²) in [4.78, 5) is 2.67. The van der Waals surface area contributed by atoms with Crippen LogP contribution in [0.15, 0.2) is 0 Å². The van der Waals surface area contributed by atoms with Crippen molar-refractivity contribution in [3.63, 3.8) is 0 Å². The second kappa shape index (κ2) is 8.35. The Morgan fingerprint density at radius 3 is 2.45 bits per heavy atom. The van der Waals surface area contributed by atoms with E-state index in [1.165, 1.54) is 25.8 Å². The van der Waals surface area contributed by atoms with E-state index >= 15 is 0 Å². The normalized spacial score (nSPS) is 27.8. The van der Waals surface area contributed by atoms with Crippen molar-refractivity contribution in [2.75, 3.05) is 19.7 Å². The fraction of sp³-hybridized carbons (Fsp3) is 1.00. The van der Waals surface area contributed by atoms with E-state index in [2.05, 4.69) is 39.5 Å². The first-order chi connectivity index (χ1) is 9.46. The van der Waals surface area contributed by atoms with Gasteiger partial charge < -0.3 is 10.5 Å². The Bertz CT molecular complexity index is 268. The third-order valence-electron chi connectivity index (χ3n) is 4.84. The third-order valence-corrected chi connectivity index (χ3v) is 4.84. The minimum atomic E-state index is 0.148. The Morgan fingerprint density at radius 2 is 1.95 bits per heavy atom. The first-order valence-electron chi connectivity index (χ1n) is 8.55. The van der Waals surface area contributed by atoms with E-state index in [-0.39, 0.29) is 5.54 Å². The maximum atomic E-state index is 6.25. The fourth-order valence-electron chi connectivity index (χ4n) is 3.50. The Morgan fingerprint density at radius 1 is 1.25 bits per heavy atom. The molecule has 2 atom stereocenters. The minimum absolute atomic E-state index is 0.148. The molecule has 1 saturated heterocycles. The highest BCUT2D eigenvalue weighted by atomic mass is 16.5. The van der Waals surface area contributed by atoms with Gasteiger partial charge in [-0.15, -0.1) is 0 Å². The smallest absolute Gasteiger partial charge is 0.0616 e. The molecule has 1 aliphatic heterocycles. The predicted octanol–water partition coefficient (Wildman–Crippen LogP) is 3.42. The van der Waals surface area contributed by atoms with Crippen LogP contribution in [0.5, 0.6) is 0 Å². The number of unbranched alkanes of at least 4 members (excludes halogenated alkanes) is 2. The molecule has 1 fully saturated rings. The number of nitrogens with zero attached hydrogens (tertiary/aromatic N) is 1. The molecule has 1 rings (SSSR count). The van der Waals surface area contributed by atoms with E-state index in [0.717, 1.165) is 26.0 Å². The zero-order chi connectivity index (χ0) is 15.2. The molecule has 3 heteroatoms. The van der Waals surface area contributed by atoms with E-state index in [1.54, 1.807) is 0 Å². The van der Waals surface area contributed by atoms with Gasteiger partial charge in [0.1, 0.15) is 0 Å². The van der Waals surface area contributed by atoms with Crippen LogP contribution in [-0.4, -0.2) is 42.3 Å². The van der Waals surface area contributed by atoms with Crippen molar-refractivity contribution < 1.29 is 4.74 Å². The zero-order valence-corrected chi connectivity index (χ0v) is 14.3. The molecule has 0 aliphatic carbocycles. The number of ether oxygens (including phenoxy) is 1. The quantitative estimate of drug-likeness (QED) is 0.694. The summed E-state index contributed by atoms with van der Waals surface area (Å²) in [5.41, 5.74) is 6.39. The van der Waals surface area contributed by atoms with Crippen LogP contribution in [0.2, 0.25) is 0 Å². The second-order valence-electron chi connectivity index (χ2n) is 7.03. The predicted molar refractivity (Wildman–Crippen MR) is 87.0 cm³/mol. The Balaban J connectivity index is 2.80. The minimum Gasteiger partial charge on any atom is -0.378 e. The molecule has 0 aromatic carbocycles. The van der Waals surface area contributed by atoms with Gasteiger partial charge in [0.15, 0.2) is 0 Å². The largest absolute Gasteiger partial charge is 0.378 e. The van der Waals surface area contributed by atoms with Gasteiger partial charge in [0.05, 0.1) is 6.10 Å². The van der Waals surface area contributed by atoms with Crippen LogP contribution < -0.4 is 5.73 Å². The van der Waals surface area contributed by atoms with Gasteiger partial charge in [0, 0.05) is 24.7 Å². The van der Waals surface area contributed by atoms with Crippen molar-refractivity contribution in [3.05, 3.63) is 0 Å². The fourth-order valence-corrected chi connectivity index (χ4v) is 3.50. The molecule has 1 heterocycles. The first-order valence-corrected chi connectivity index (χ1v) is 8.55. The van der Waals surface area contributed by atoms with E-state index in [0.29, 0.717) is 18.1 Å². The highest BCUT2D eigenvalue weighted by Crippen LogP contribution is 2.34. The summed E-state index contributed by atoms with van der Waals surface area (Å²) in [6.07, 6.45) is 6.40. The molecule has 20 heavy (non-hydrogen) atoms. The van der Waals surface area contributed by atoms with Gasteiger partial charge in [-0.05, 0) is 45.6 Å². The molecule has 0 bridgehead atoms. The van der Waals surface area contributed by atoms with Crippen LogP contribution in [0.1, 0.15) is 66.7 Å². The van der Waals surface area contributed by atoms with E-state index in [1.807, 2.05) is 0 Å². The van der Waals surface area contributed by atoms with Gasteiger partial charge >= 0.3 is 0 Å². The number of hydrogen-bond donors (Lipinski definition) is 1. The summed E-state index contributed by atoms with van der Waals surface area (Å²) >= 11 is 0. The maximum absolute atomic E-state index is 6.25. The molecule has 0 spiro atoms. The third kappa shape index (κ3) is 4.44. The van der Waals surface area contributed by atoms with Crippen molar-refractivity contribution in [2.45, 2.75) is 84.4 Å². The van der Waals surface area contributed by atoms with Gasteiger partial charge in [0.2, 0.25) is 0 Å². The van der Waals surface area contributed by atoms with Gasteiger partial charge in [-0.25, -0.2) is 0 Å². The summed E-state index contributed by atoms with van der Waals surface area (Å²) in [5, 5.41) is 0. The van der Waals surface area contributed by atoms with Crippen molar-refractivity contribution >= 4 is 0 Å². The number of nitrogens with two attached hydrogens (primary N) is 1. The number of rotatable bonds is 8. The number of hydrogen-bond acceptors (Lipinski definition) is 3. The maximum Gasteiger partial charge on any atom is 0.0616 e. The van der Waals surface area contributed by atoms with Crippen LogP contribution in [0.4, 0.5) is 0 Å². The molecule has 0 aromatic rings. The molecule has 1 aliphatic rings. The lowest BCUT2D eigenvalue weighted by Gasteiger charge is -2.50. The Kier molecular flexibility index (Phi) is 7.49. The SMILES string of the molecule is CCCCCN(C(C)C)C1(CN)CCOC(C(C)C)C1. The molecule has 0 amide bonds. The summed E-state index contributed by atoms with van der Waals surface area (Å²) in [5.74, 6) is 0.575. The van der Waals surface area contributed by atoms with E-state index in [9.17, 15) is 0 Å². The van der Waals surface area contributed by atoms with Crippen LogP contribution in [0.3, 0.4) is 0 Å².